The number of methoxy groups -OCH3 is 2. The number of likely N-dealkylation sites (N-methyl/N-ethyl adjacent to an activating group) is 2. The second-order valence-electron chi connectivity index (χ2n) is 15.4. The van der Waals surface area contributed by atoms with Crippen molar-refractivity contribution in [1.82, 2.24) is 25.3 Å². The van der Waals surface area contributed by atoms with Crippen LogP contribution in [0, 0.1) is 17.8 Å². The minimum absolute atomic E-state index is 0.0232. The van der Waals surface area contributed by atoms with Gasteiger partial charge in [-0.15, -0.1) is 0 Å². The average molecular weight is 746 g/mol. The maximum absolute atomic E-state index is 14.2. The Hall–Kier alpha value is -3.55. The molecule has 1 fully saturated rings. The molecular formula is C40H67N5O8. The van der Waals surface area contributed by atoms with Crippen LogP contribution in [-0.4, -0.2) is 134 Å². The van der Waals surface area contributed by atoms with Crippen LogP contribution in [0.2, 0.25) is 0 Å². The largest absolute Gasteiger partial charge is 0.480 e. The number of carboxylic acids is 1. The molecule has 13 heteroatoms. The first-order valence-electron chi connectivity index (χ1n) is 19.1. The molecule has 0 spiro atoms. The van der Waals surface area contributed by atoms with Crippen molar-refractivity contribution < 1.29 is 38.6 Å². The van der Waals surface area contributed by atoms with Crippen LogP contribution >= 0.6 is 0 Å². The Labute approximate surface area is 317 Å². The van der Waals surface area contributed by atoms with Crippen LogP contribution in [0.1, 0.15) is 86.5 Å². The summed E-state index contributed by atoms with van der Waals surface area (Å²) in [5, 5.41) is 15.6. The van der Waals surface area contributed by atoms with Crippen molar-refractivity contribution in [3.8, 4) is 0 Å². The molecule has 0 aromatic rings. The summed E-state index contributed by atoms with van der Waals surface area (Å²) in [7, 11) is 8.32. The molecule has 1 heterocycles. The van der Waals surface area contributed by atoms with E-state index in [0.29, 0.717) is 31.4 Å². The standard InChI is InChI=1S/C40H67N5O8/c1-13-26(6)35(44(10)39(49)33(24(2)3)42-38(48)34(25(4)5)43(8)9)31(52-11)23-32(46)45-21-17-20-30(45)36(53-12)27(7)37(47)41-29(40(50)51)22-28-18-15-14-16-19-28/h15,18-19,24-25,27,29-31,33-36H,6,13-14,16-17,20-23H2,1-5,7-12H3,(H,41,47)(H,42,48)(H,50,51)/t27-,29+,30+,31-,33+,34+,35+,36-/m1/s1. The third-order valence-corrected chi connectivity index (χ3v) is 10.7. The second-order valence-corrected chi connectivity index (χ2v) is 15.4. The van der Waals surface area contributed by atoms with Crippen LogP contribution in [0.5, 0.6) is 0 Å². The Morgan fingerprint density at radius 3 is 2.11 bits per heavy atom. The Kier molecular flexibility index (Phi) is 18.4. The molecule has 0 saturated carbocycles. The number of hydrogen-bond donors (Lipinski definition) is 3. The van der Waals surface area contributed by atoms with Crippen molar-refractivity contribution in [2.75, 3.05) is 41.9 Å². The van der Waals surface area contributed by atoms with Crippen molar-refractivity contribution in [2.45, 2.75) is 129 Å². The third-order valence-electron chi connectivity index (χ3n) is 10.7. The summed E-state index contributed by atoms with van der Waals surface area (Å²) in [6.07, 6.45) is 8.10. The monoisotopic (exact) mass is 745 g/mol. The highest BCUT2D eigenvalue weighted by Gasteiger charge is 2.43. The lowest BCUT2D eigenvalue weighted by Gasteiger charge is -2.39. The minimum Gasteiger partial charge on any atom is -0.480 e. The number of likely N-dealkylation sites (tertiary alicyclic amines) is 1. The molecule has 4 amide bonds. The Morgan fingerprint density at radius 2 is 1.62 bits per heavy atom. The van der Waals surface area contributed by atoms with Crippen molar-refractivity contribution in [2.24, 2.45) is 17.8 Å². The number of aliphatic carboxylic acids is 1. The summed E-state index contributed by atoms with van der Waals surface area (Å²) in [6.45, 7) is 16.0. The summed E-state index contributed by atoms with van der Waals surface area (Å²) in [6, 6.07) is -3.44. The zero-order chi connectivity index (χ0) is 40.2. The lowest BCUT2D eigenvalue weighted by Crippen LogP contribution is -2.59. The van der Waals surface area contributed by atoms with E-state index in [9.17, 15) is 29.1 Å². The van der Waals surface area contributed by atoms with Gasteiger partial charge in [-0.3, -0.25) is 24.1 Å². The van der Waals surface area contributed by atoms with Crippen LogP contribution in [0.15, 0.2) is 36.0 Å². The van der Waals surface area contributed by atoms with Gasteiger partial charge in [0.25, 0.3) is 0 Å². The second kappa shape index (κ2) is 21.4. The van der Waals surface area contributed by atoms with Crippen LogP contribution in [-0.2, 0) is 33.4 Å². The molecule has 0 bridgehead atoms. The Morgan fingerprint density at radius 1 is 0.962 bits per heavy atom. The molecule has 1 aliphatic heterocycles. The third kappa shape index (κ3) is 12.2. The number of hydrogen-bond acceptors (Lipinski definition) is 8. The summed E-state index contributed by atoms with van der Waals surface area (Å²) >= 11 is 0. The molecule has 13 nitrogen and oxygen atoms in total. The fourth-order valence-corrected chi connectivity index (χ4v) is 7.70. The van der Waals surface area contributed by atoms with Gasteiger partial charge in [0.1, 0.15) is 12.1 Å². The average Bonchev–Trinajstić information content (AvgIpc) is 3.59. The van der Waals surface area contributed by atoms with Gasteiger partial charge in [-0.1, -0.05) is 71.9 Å². The van der Waals surface area contributed by atoms with E-state index in [2.05, 4.69) is 17.2 Å². The number of carbonyl (C=O) groups is 5. The number of ether oxygens (including phenoxy) is 2. The smallest absolute Gasteiger partial charge is 0.326 e. The molecule has 0 aromatic heterocycles. The van der Waals surface area contributed by atoms with E-state index in [-0.39, 0.29) is 42.4 Å². The minimum atomic E-state index is -1.12. The van der Waals surface area contributed by atoms with Gasteiger partial charge in [0.2, 0.25) is 23.6 Å². The summed E-state index contributed by atoms with van der Waals surface area (Å²) in [4.78, 5) is 72.4. The number of nitrogens with zero attached hydrogens (tertiary/aromatic N) is 3. The molecular weight excluding hydrogens is 678 g/mol. The summed E-state index contributed by atoms with van der Waals surface area (Å²) < 4.78 is 11.8. The highest BCUT2D eigenvalue weighted by atomic mass is 16.5. The number of allylic oxidation sites excluding steroid dienone is 3. The van der Waals surface area contributed by atoms with Crippen molar-refractivity contribution in [3.63, 3.8) is 0 Å². The first-order chi connectivity index (χ1) is 24.9. The molecule has 1 saturated heterocycles. The molecule has 0 aromatic carbocycles. The van der Waals surface area contributed by atoms with Gasteiger partial charge < -0.3 is 35.0 Å². The SMILES string of the molecule is C=C(CC)[C@@H]([C@@H](CC(=O)N1CCC[C@H]1[C@H](OC)[C@@H](C)C(=O)N[C@@H](CC1=CCCC=C1)C(=O)O)OC)N(C)C(=O)[C@@H](NC(=O)[C@H](C(C)C)N(C)C)C(C)C. The van der Waals surface area contributed by atoms with Crippen molar-refractivity contribution in [3.05, 3.63) is 36.0 Å². The van der Waals surface area contributed by atoms with Crippen LogP contribution in [0.25, 0.3) is 0 Å². The molecule has 2 rings (SSSR count). The fourth-order valence-electron chi connectivity index (χ4n) is 7.70. The number of rotatable bonds is 21. The van der Waals surface area contributed by atoms with Crippen molar-refractivity contribution in [1.29, 1.82) is 0 Å². The molecule has 300 valence electrons. The van der Waals surface area contributed by atoms with Gasteiger partial charge >= 0.3 is 5.97 Å². The predicted molar refractivity (Wildman–Crippen MR) is 206 cm³/mol. The van der Waals surface area contributed by atoms with Crippen LogP contribution < -0.4 is 10.6 Å². The van der Waals surface area contributed by atoms with Gasteiger partial charge in [0.15, 0.2) is 0 Å². The molecule has 2 aliphatic rings. The van der Waals surface area contributed by atoms with Gasteiger partial charge in [-0.05, 0) is 63.6 Å². The number of amides is 4. The first-order valence-corrected chi connectivity index (χ1v) is 19.1. The molecule has 1 aliphatic carbocycles. The molecule has 53 heavy (non-hydrogen) atoms. The fraction of sp³-hybridized carbons (Fsp3) is 0.725. The van der Waals surface area contributed by atoms with E-state index < -0.39 is 60.2 Å². The van der Waals surface area contributed by atoms with Crippen LogP contribution in [0.3, 0.4) is 0 Å². The predicted octanol–water partition coefficient (Wildman–Crippen LogP) is 3.79. The zero-order valence-electron chi connectivity index (χ0n) is 34.0. The van der Waals surface area contributed by atoms with Gasteiger partial charge in [-0.2, -0.15) is 0 Å². The van der Waals surface area contributed by atoms with E-state index in [0.717, 1.165) is 18.4 Å². The quantitative estimate of drug-likeness (QED) is 0.149. The van der Waals surface area contributed by atoms with E-state index >= 15 is 0 Å². The van der Waals surface area contributed by atoms with E-state index in [4.69, 9.17) is 9.47 Å². The number of carbonyl (C=O) groups excluding carboxylic acids is 4. The zero-order valence-corrected chi connectivity index (χ0v) is 34.0. The Bertz CT molecular complexity index is 1340. The van der Waals surface area contributed by atoms with Gasteiger partial charge in [0.05, 0.1) is 42.7 Å². The highest BCUT2D eigenvalue weighted by Crippen LogP contribution is 2.29. The number of nitrogens with one attached hydrogen (secondary N) is 2. The lowest BCUT2D eigenvalue weighted by molar-refractivity contribution is -0.146. The topological polar surface area (TPSA) is 158 Å². The summed E-state index contributed by atoms with van der Waals surface area (Å²) in [5.74, 6) is -3.29. The first kappa shape index (κ1) is 45.6. The normalized spacial score (nSPS) is 19.9. The van der Waals surface area contributed by atoms with Gasteiger partial charge in [-0.25, -0.2) is 4.79 Å². The van der Waals surface area contributed by atoms with Gasteiger partial charge in [0, 0.05) is 34.2 Å². The Balaban J connectivity index is 2.27. The molecule has 8 atom stereocenters. The maximum Gasteiger partial charge on any atom is 0.326 e. The molecule has 0 unspecified atom stereocenters. The van der Waals surface area contributed by atoms with E-state index in [1.54, 1.807) is 23.8 Å². The van der Waals surface area contributed by atoms with E-state index in [1.165, 1.54) is 14.2 Å². The molecule has 0 radical (unpaired) electrons. The lowest BCUT2D eigenvalue weighted by atomic mass is 9.92. The van der Waals surface area contributed by atoms with E-state index in [1.807, 2.05) is 71.8 Å². The summed E-state index contributed by atoms with van der Waals surface area (Å²) in [5.41, 5.74) is 1.57. The molecule has 3 N–H and O–H groups in total. The maximum atomic E-state index is 14.2. The van der Waals surface area contributed by atoms with Crippen LogP contribution in [0.4, 0.5) is 0 Å². The highest BCUT2D eigenvalue weighted by molar-refractivity contribution is 5.90. The van der Waals surface area contributed by atoms with Crippen molar-refractivity contribution >= 4 is 29.6 Å². The number of carboxylic acid groups (broad SMARTS) is 1.